The van der Waals surface area contributed by atoms with Gasteiger partial charge in [-0.1, -0.05) is 0 Å². The third-order valence-corrected chi connectivity index (χ3v) is 4.13. The first kappa shape index (κ1) is 13.6. The molecule has 0 aromatic carbocycles. The smallest absolute Gasteiger partial charge is 1.00 e. The van der Waals surface area contributed by atoms with E-state index in [1.807, 2.05) is 0 Å². The fourth-order valence-corrected chi connectivity index (χ4v) is 2.25. The Hall–Kier alpha value is 1.07. The maximum Gasteiger partial charge on any atom is -1.00 e. The second-order valence-corrected chi connectivity index (χ2v) is 4.08. The van der Waals surface area contributed by atoms with E-state index in [1.54, 1.807) is 5.30 Å². The van der Waals surface area contributed by atoms with Gasteiger partial charge in [-0.05, 0) is 0 Å². The van der Waals surface area contributed by atoms with Gasteiger partial charge in [0.2, 0.25) is 0 Å². The van der Waals surface area contributed by atoms with E-state index in [-0.39, 0.29) is 24.8 Å². The summed E-state index contributed by atoms with van der Waals surface area (Å²) in [5, 5.41) is 1.56. The number of hydrogen-bond acceptors (Lipinski definition) is 0. The minimum Gasteiger partial charge on any atom is -1.00 e. The average molecular weight is 230 g/mol. The van der Waals surface area contributed by atoms with Gasteiger partial charge in [0.1, 0.15) is 0 Å². The molecule has 0 bridgehead atoms. The van der Waals surface area contributed by atoms with Crippen LogP contribution in [-0.4, -0.2) is 0 Å². The van der Waals surface area contributed by atoms with Crippen molar-refractivity contribution in [1.29, 1.82) is 0 Å². The van der Waals surface area contributed by atoms with Gasteiger partial charge in [0.25, 0.3) is 0 Å². The van der Waals surface area contributed by atoms with Crippen molar-refractivity contribution in [1.82, 2.24) is 0 Å². The zero-order valence-corrected chi connectivity index (χ0v) is 9.91. The minimum absolute atomic E-state index is 0. The molecule has 4 heteroatoms. The topological polar surface area (TPSA) is 0 Å². The van der Waals surface area contributed by atoms with Crippen LogP contribution >= 0.6 is 8.19 Å². The molecule has 1 aromatic heterocycles. The summed E-state index contributed by atoms with van der Waals surface area (Å²) in [5.74, 6) is 2.31. The van der Waals surface area contributed by atoms with Crippen molar-refractivity contribution in [3.8, 4) is 0 Å². The third-order valence-electron chi connectivity index (χ3n) is 1.27. The second kappa shape index (κ2) is 5.69. The molecule has 0 aliphatic heterocycles. The van der Waals surface area contributed by atoms with Crippen LogP contribution < -0.4 is 28.7 Å². The van der Waals surface area contributed by atoms with Crippen molar-refractivity contribution >= 4 is 12.1 Å². The molecule has 1 unspecified atom stereocenters. The quantitative estimate of drug-likeness (QED) is 0.394. The van der Waals surface area contributed by atoms with Crippen LogP contribution in [-0.2, 0) is 20.4 Å². The molecule has 10 heavy (non-hydrogen) atoms. The number of aryl methyl sites for hydroxylation is 2. The number of rotatable bonds is 0. The Labute approximate surface area is 87.5 Å². The summed E-state index contributed by atoms with van der Waals surface area (Å²) in [6.07, 6.45) is 0. The Balaban J connectivity index is 0. The summed E-state index contributed by atoms with van der Waals surface area (Å²) >= 11 is 2.20. The molecule has 0 N–H and O–H groups in total. The fraction of sp³-hybridized carbons (Fsp3) is 0.333. The van der Waals surface area contributed by atoms with E-state index in [0.717, 1.165) is 8.19 Å². The van der Waals surface area contributed by atoms with E-state index in [2.05, 4.69) is 40.1 Å². The molecule has 0 fully saturated rings. The van der Waals surface area contributed by atoms with Crippen molar-refractivity contribution in [3.63, 3.8) is 0 Å². The molecule has 1 rings (SSSR count). The molecule has 0 nitrogen and oxygen atoms in total. The Morgan fingerprint density at radius 2 is 1.80 bits per heavy atom. The van der Waals surface area contributed by atoms with Crippen LogP contribution in [0.4, 0.5) is 0 Å². The Kier molecular flexibility index (Phi) is 7.77. The summed E-state index contributed by atoms with van der Waals surface area (Å²) in [6.45, 7) is 4.39. The van der Waals surface area contributed by atoms with Crippen molar-refractivity contribution < 1.29 is 45.2 Å². The standard InChI is InChI=1S/C6H8P.2ClH.Ti/c1-5-3-6(2)7-4-5;;;/h4,7H,1-2H3;2*1H;/q;;;+2/p-2. The van der Waals surface area contributed by atoms with Crippen molar-refractivity contribution in [2.24, 2.45) is 0 Å². The van der Waals surface area contributed by atoms with E-state index < -0.39 is 0 Å². The average Bonchev–Trinajstić information content (AvgIpc) is 1.98. The van der Waals surface area contributed by atoms with Crippen LogP contribution in [0.1, 0.15) is 10.9 Å². The molecule has 0 aliphatic rings. The van der Waals surface area contributed by atoms with Crippen LogP contribution in [0.3, 0.4) is 0 Å². The monoisotopic (exact) mass is 229 g/mol. The predicted molar refractivity (Wildman–Crippen MR) is 35.1 cm³/mol. The van der Waals surface area contributed by atoms with E-state index in [1.165, 1.54) is 9.43 Å². The zero-order valence-electron chi connectivity index (χ0n) is 5.83. The number of halogens is 2. The largest absolute Gasteiger partial charge is 1.00 e. The van der Waals surface area contributed by atoms with Crippen LogP contribution in [0, 0.1) is 13.8 Å². The predicted octanol–water partition coefficient (Wildman–Crippen LogP) is -4.49. The van der Waals surface area contributed by atoms with Gasteiger partial charge in [0, 0.05) is 0 Å². The van der Waals surface area contributed by atoms with Gasteiger partial charge in [-0.15, -0.1) is 0 Å². The Morgan fingerprint density at radius 3 is 1.90 bits per heavy atom. The number of hydrogen-bond donors (Lipinski definition) is 0. The second-order valence-electron chi connectivity index (χ2n) is 1.97. The first-order chi connectivity index (χ1) is 3.72. The summed E-state index contributed by atoms with van der Waals surface area (Å²) in [7, 11) is 0.961. The van der Waals surface area contributed by atoms with E-state index in [9.17, 15) is 0 Å². The molecule has 1 atom stereocenters. The third kappa shape index (κ3) is 2.99. The van der Waals surface area contributed by atoms with Crippen LogP contribution in [0.2, 0.25) is 0 Å². The molecule has 0 spiro atoms. The van der Waals surface area contributed by atoms with Crippen LogP contribution in [0.5, 0.6) is 0 Å². The van der Waals surface area contributed by atoms with Crippen LogP contribution in [0.15, 0.2) is 5.80 Å². The molecule has 0 saturated heterocycles. The van der Waals surface area contributed by atoms with Crippen molar-refractivity contribution in [3.05, 3.63) is 16.7 Å². The van der Waals surface area contributed by atoms with Crippen molar-refractivity contribution in [2.75, 3.05) is 0 Å². The van der Waals surface area contributed by atoms with Crippen molar-refractivity contribution in [2.45, 2.75) is 13.8 Å². The Morgan fingerprint density at radius 1 is 1.30 bits per heavy atom. The van der Waals surface area contributed by atoms with Gasteiger partial charge in [-0.3, -0.25) is 0 Å². The van der Waals surface area contributed by atoms with E-state index in [0.29, 0.717) is 0 Å². The maximum atomic E-state index is 2.31. The van der Waals surface area contributed by atoms with Crippen LogP contribution in [0.25, 0.3) is 0 Å². The SMILES string of the molecule is Cc1c[pH]c(C)[c]1[Ti+2].[Cl-].[Cl-]. The van der Waals surface area contributed by atoms with Gasteiger partial charge < -0.3 is 24.8 Å². The molecule has 0 amide bonds. The summed E-state index contributed by atoms with van der Waals surface area (Å²) in [6, 6.07) is 0. The molecule has 1 heterocycles. The summed E-state index contributed by atoms with van der Waals surface area (Å²) < 4.78 is 1.50. The minimum atomic E-state index is 0. The summed E-state index contributed by atoms with van der Waals surface area (Å²) in [4.78, 5) is 0. The van der Waals surface area contributed by atoms with E-state index >= 15 is 0 Å². The van der Waals surface area contributed by atoms with Gasteiger partial charge in [-0.25, -0.2) is 0 Å². The molecule has 55 valence electrons. The molecular formula is C6H8Cl2PTi. The molecule has 0 saturated carbocycles. The molecular weight excluding hydrogens is 222 g/mol. The first-order valence-corrected chi connectivity index (χ1v) is 4.44. The molecule has 1 aromatic rings. The molecule has 0 aliphatic carbocycles. The Bertz CT molecular complexity index is 178. The zero-order chi connectivity index (χ0) is 6.15. The molecule has 0 radical (unpaired) electrons. The first-order valence-electron chi connectivity index (χ1n) is 2.58. The summed E-state index contributed by atoms with van der Waals surface area (Å²) in [5.41, 5.74) is 1.47. The van der Waals surface area contributed by atoms with Gasteiger partial charge in [0.15, 0.2) is 0 Å². The van der Waals surface area contributed by atoms with Gasteiger partial charge in [-0.2, -0.15) is 0 Å². The maximum absolute atomic E-state index is 2.31. The van der Waals surface area contributed by atoms with Gasteiger partial charge >= 0.3 is 63.0 Å². The van der Waals surface area contributed by atoms with Gasteiger partial charge in [0.05, 0.1) is 0 Å². The fourth-order valence-electron chi connectivity index (χ4n) is 0.657. The normalized spacial score (nSPS) is 8.80. The van der Waals surface area contributed by atoms with E-state index in [4.69, 9.17) is 0 Å².